The van der Waals surface area contributed by atoms with E-state index in [0.717, 1.165) is 60.8 Å². The number of imidazole rings is 1. The molecular weight excluding hydrogens is 288 g/mol. The number of aryl methyl sites for hydroxylation is 1. The van der Waals surface area contributed by atoms with Crippen molar-refractivity contribution in [2.45, 2.75) is 13.3 Å². The van der Waals surface area contributed by atoms with E-state index in [1.807, 2.05) is 18.2 Å². The second kappa shape index (κ2) is 5.56. The van der Waals surface area contributed by atoms with Gasteiger partial charge in [0.2, 0.25) is 0 Å². The monoisotopic (exact) mass is 306 g/mol. The molecule has 0 unspecified atom stereocenters. The number of fused-ring (bicyclic) bond motifs is 3. The number of pyridine rings is 1. The number of morpholine rings is 1. The van der Waals surface area contributed by atoms with Gasteiger partial charge in [0.1, 0.15) is 11.9 Å². The number of hydrogen-bond donors (Lipinski definition) is 0. The van der Waals surface area contributed by atoms with E-state index in [-0.39, 0.29) is 0 Å². The van der Waals surface area contributed by atoms with E-state index in [0.29, 0.717) is 5.56 Å². The third-order valence-corrected chi connectivity index (χ3v) is 4.47. The number of aromatic nitrogens is 2. The SMILES string of the molecule is CCc1cc(N2CCOCC2)n2c(nc3ccccc32)c1C#N. The van der Waals surface area contributed by atoms with Gasteiger partial charge in [-0.1, -0.05) is 19.1 Å². The average Bonchev–Trinajstić information content (AvgIpc) is 3.00. The Labute approximate surface area is 134 Å². The van der Waals surface area contributed by atoms with Gasteiger partial charge in [-0.05, 0) is 30.2 Å². The molecule has 1 aliphatic rings. The first-order valence-electron chi connectivity index (χ1n) is 7.99. The fraction of sp³-hybridized carbons (Fsp3) is 0.333. The van der Waals surface area contributed by atoms with Crippen LogP contribution in [0.1, 0.15) is 18.1 Å². The maximum Gasteiger partial charge on any atom is 0.157 e. The first-order valence-corrected chi connectivity index (χ1v) is 7.99. The van der Waals surface area contributed by atoms with E-state index in [1.54, 1.807) is 0 Å². The van der Waals surface area contributed by atoms with Crippen LogP contribution in [0, 0.1) is 11.3 Å². The molecule has 1 saturated heterocycles. The zero-order valence-corrected chi connectivity index (χ0v) is 13.1. The molecule has 5 nitrogen and oxygen atoms in total. The number of rotatable bonds is 2. The van der Waals surface area contributed by atoms with Gasteiger partial charge in [-0.2, -0.15) is 5.26 Å². The molecule has 0 bridgehead atoms. The minimum Gasteiger partial charge on any atom is -0.378 e. The second-order valence-electron chi connectivity index (χ2n) is 5.73. The van der Waals surface area contributed by atoms with Gasteiger partial charge in [0.05, 0.1) is 29.8 Å². The Bertz CT molecular complexity index is 916. The number of hydrogen-bond acceptors (Lipinski definition) is 4. The third-order valence-electron chi connectivity index (χ3n) is 4.47. The summed E-state index contributed by atoms with van der Waals surface area (Å²) in [5, 5.41) is 9.64. The number of nitriles is 1. The highest BCUT2D eigenvalue weighted by Crippen LogP contribution is 2.29. The largest absolute Gasteiger partial charge is 0.378 e. The zero-order chi connectivity index (χ0) is 15.8. The van der Waals surface area contributed by atoms with Gasteiger partial charge in [0.15, 0.2) is 5.65 Å². The van der Waals surface area contributed by atoms with Gasteiger partial charge in [-0.15, -0.1) is 0 Å². The molecule has 1 aliphatic heterocycles. The summed E-state index contributed by atoms with van der Waals surface area (Å²) in [6.07, 6.45) is 0.819. The topological polar surface area (TPSA) is 53.6 Å². The molecule has 1 aromatic carbocycles. The highest BCUT2D eigenvalue weighted by molar-refractivity contribution is 5.85. The van der Waals surface area contributed by atoms with Crippen molar-refractivity contribution in [3.8, 4) is 6.07 Å². The fourth-order valence-electron chi connectivity index (χ4n) is 3.29. The van der Waals surface area contributed by atoms with Crippen molar-refractivity contribution in [2.24, 2.45) is 0 Å². The summed E-state index contributed by atoms with van der Waals surface area (Å²) in [5.41, 5.74) is 4.46. The smallest absolute Gasteiger partial charge is 0.157 e. The van der Waals surface area contributed by atoms with Crippen LogP contribution in [-0.4, -0.2) is 35.7 Å². The maximum atomic E-state index is 9.64. The van der Waals surface area contributed by atoms with Crippen molar-refractivity contribution in [3.63, 3.8) is 0 Å². The first-order chi connectivity index (χ1) is 11.3. The van der Waals surface area contributed by atoms with Crippen molar-refractivity contribution in [1.29, 1.82) is 5.26 Å². The van der Waals surface area contributed by atoms with Gasteiger partial charge in [0.25, 0.3) is 0 Å². The van der Waals surface area contributed by atoms with Crippen LogP contribution < -0.4 is 4.90 Å². The summed E-state index contributed by atoms with van der Waals surface area (Å²) in [5.74, 6) is 1.10. The zero-order valence-electron chi connectivity index (χ0n) is 13.1. The lowest BCUT2D eigenvalue weighted by Crippen LogP contribution is -2.37. The lowest BCUT2D eigenvalue weighted by Gasteiger charge is -2.30. The molecule has 3 aromatic rings. The molecule has 4 rings (SSSR count). The number of anilines is 1. The highest BCUT2D eigenvalue weighted by Gasteiger charge is 2.20. The van der Waals surface area contributed by atoms with E-state index in [1.165, 1.54) is 0 Å². The maximum absolute atomic E-state index is 9.64. The van der Waals surface area contributed by atoms with Crippen LogP contribution in [-0.2, 0) is 11.2 Å². The molecule has 0 aliphatic carbocycles. The molecule has 1 fully saturated rings. The minimum atomic E-state index is 0.681. The quantitative estimate of drug-likeness (QED) is 0.730. The Morgan fingerprint density at radius 3 is 2.78 bits per heavy atom. The molecule has 2 aromatic heterocycles. The first kappa shape index (κ1) is 14.0. The molecule has 0 N–H and O–H groups in total. The van der Waals surface area contributed by atoms with Crippen LogP contribution >= 0.6 is 0 Å². The molecule has 116 valence electrons. The number of nitrogens with zero attached hydrogens (tertiary/aromatic N) is 4. The van der Waals surface area contributed by atoms with Crippen LogP contribution in [0.2, 0.25) is 0 Å². The van der Waals surface area contributed by atoms with Gasteiger partial charge in [0, 0.05) is 13.1 Å². The van der Waals surface area contributed by atoms with Crippen LogP contribution in [0.15, 0.2) is 30.3 Å². The number of para-hydroxylation sites is 2. The van der Waals surface area contributed by atoms with Gasteiger partial charge in [-0.25, -0.2) is 4.98 Å². The fourth-order valence-corrected chi connectivity index (χ4v) is 3.29. The summed E-state index contributed by atoms with van der Waals surface area (Å²) < 4.78 is 7.61. The summed E-state index contributed by atoms with van der Waals surface area (Å²) in [6.45, 7) is 5.26. The van der Waals surface area contributed by atoms with Gasteiger partial charge < -0.3 is 9.64 Å². The predicted octanol–water partition coefficient (Wildman–Crippen LogP) is 2.76. The highest BCUT2D eigenvalue weighted by atomic mass is 16.5. The van der Waals surface area contributed by atoms with Crippen LogP contribution in [0.3, 0.4) is 0 Å². The van der Waals surface area contributed by atoms with Crippen LogP contribution in [0.5, 0.6) is 0 Å². The van der Waals surface area contributed by atoms with Crippen LogP contribution in [0.25, 0.3) is 16.7 Å². The number of benzene rings is 1. The molecule has 5 heteroatoms. The van der Waals surface area contributed by atoms with E-state index < -0.39 is 0 Å². The van der Waals surface area contributed by atoms with E-state index in [4.69, 9.17) is 9.72 Å². The van der Waals surface area contributed by atoms with Crippen LogP contribution in [0.4, 0.5) is 5.82 Å². The molecular formula is C18H18N4O. The Kier molecular flexibility index (Phi) is 3.40. The Morgan fingerprint density at radius 1 is 1.26 bits per heavy atom. The van der Waals surface area contributed by atoms with Crippen molar-refractivity contribution in [2.75, 3.05) is 31.2 Å². The molecule has 0 saturated carbocycles. The van der Waals surface area contributed by atoms with Crippen molar-refractivity contribution in [1.82, 2.24) is 9.38 Å². The average molecular weight is 306 g/mol. The summed E-state index contributed by atoms with van der Waals surface area (Å²) in [4.78, 5) is 7.06. The summed E-state index contributed by atoms with van der Waals surface area (Å²) in [6, 6.07) is 12.6. The lowest BCUT2D eigenvalue weighted by molar-refractivity contribution is 0.122. The summed E-state index contributed by atoms with van der Waals surface area (Å²) >= 11 is 0. The molecule has 0 spiro atoms. The Balaban J connectivity index is 2.09. The normalized spacial score (nSPS) is 15.2. The van der Waals surface area contributed by atoms with E-state index >= 15 is 0 Å². The predicted molar refractivity (Wildman–Crippen MR) is 89.8 cm³/mol. The van der Waals surface area contributed by atoms with Crippen molar-refractivity contribution < 1.29 is 4.74 Å². The Hall–Kier alpha value is -2.58. The second-order valence-corrected chi connectivity index (χ2v) is 5.73. The molecule has 23 heavy (non-hydrogen) atoms. The van der Waals surface area contributed by atoms with Crippen molar-refractivity contribution >= 4 is 22.5 Å². The number of ether oxygens (including phenoxy) is 1. The third kappa shape index (κ3) is 2.14. The van der Waals surface area contributed by atoms with Crippen molar-refractivity contribution in [3.05, 3.63) is 41.5 Å². The Morgan fingerprint density at radius 2 is 2.04 bits per heavy atom. The molecule has 3 heterocycles. The summed E-state index contributed by atoms with van der Waals surface area (Å²) in [7, 11) is 0. The lowest BCUT2D eigenvalue weighted by atomic mass is 10.1. The molecule has 0 radical (unpaired) electrons. The molecule has 0 atom stereocenters. The van der Waals surface area contributed by atoms with Gasteiger partial charge >= 0.3 is 0 Å². The van der Waals surface area contributed by atoms with Gasteiger partial charge in [-0.3, -0.25) is 4.40 Å². The minimum absolute atomic E-state index is 0.681. The molecule has 0 amide bonds. The van der Waals surface area contributed by atoms with E-state index in [9.17, 15) is 5.26 Å². The standard InChI is InChI=1S/C18H18N4O/c1-2-13-11-17(21-7-9-23-10-8-21)22-16-6-4-3-5-15(16)20-18(22)14(13)12-19/h3-6,11H,2,7-10H2,1H3. The van der Waals surface area contributed by atoms with E-state index in [2.05, 4.69) is 34.4 Å².